The van der Waals surface area contributed by atoms with Gasteiger partial charge in [0, 0.05) is 12.3 Å². The van der Waals surface area contributed by atoms with Crippen LogP contribution in [0, 0.1) is 34.5 Å². The van der Waals surface area contributed by atoms with Crippen LogP contribution in [0.15, 0.2) is 11.6 Å². The lowest BCUT2D eigenvalue weighted by Gasteiger charge is -2.62. The molecule has 1 N–H and O–H groups in total. The van der Waals surface area contributed by atoms with Crippen LogP contribution in [0.1, 0.15) is 117 Å². The van der Waals surface area contributed by atoms with Crippen molar-refractivity contribution in [2.45, 2.75) is 128 Å². The van der Waals surface area contributed by atoms with Gasteiger partial charge in [-0.15, -0.1) is 11.6 Å². The first-order valence-electron chi connectivity index (χ1n) is 15.0. The summed E-state index contributed by atoms with van der Waals surface area (Å²) in [6.07, 6.45) is 21.1. The van der Waals surface area contributed by atoms with E-state index in [1.54, 1.807) is 5.57 Å². The first-order valence-corrected chi connectivity index (χ1v) is 15.6. The highest BCUT2D eigenvalue weighted by Gasteiger charge is 2.64. The standard InChI is InChI=1S/C31H51ClO3/c1-28-16-17-31(34-19-20-35-31)22-24(28)21-23(11-9-7-5-4-6-8-10-18-32)27-25(28)12-14-29(2)26(27)13-15-30(29,3)33/h22-23,25-27,33H,4-21H2,1-3H3/t23?,25-,26-,27+,28-,29-,30?/m0/s1. The number of alkyl halides is 1. The zero-order chi connectivity index (χ0) is 24.7. The second-order valence-electron chi connectivity index (χ2n) is 13.6. The van der Waals surface area contributed by atoms with Gasteiger partial charge in [-0.05, 0) is 98.9 Å². The SMILES string of the molecule is CC1(O)CC[C@H]2[C@@H]3C(CCCCCCCCCCl)CC4=CC5(CC[C@]4(C)[C@H]3CC[C@@]21C)OCCO5. The molecular weight excluding hydrogens is 456 g/mol. The average Bonchev–Trinajstić information content (AvgIpc) is 3.38. The molecule has 5 rings (SSSR count). The highest BCUT2D eigenvalue weighted by molar-refractivity contribution is 6.17. The van der Waals surface area contributed by atoms with Gasteiger partial charge >= 0.3 is 0 Å². The summed E-state index contributed by atoms with van der Waals surface area (Å²) >= 11 is 5.83. The molecule has 4 fully saturated rings. The molecule has 4 heteroatoms. The monoisotopic (exact) mass is 506 g/mol. The van der Waals surface area contributed by atoms with Gasteiger partial charge in [0.15, 0.2) is 5.79 Å². The summed E-state index contributed by atoms with van der Waals surface area (Å²) in [4.78, 5) is 0. The number of allylic oxidation sites excluding steroid dienone is 1. The molecule has 1 spiro atoms. The Kier molecular flexibility index (Phi) is 7.75. The van der Waals surface area contributed by atoms with Gasteiger partial charge in [-0.1, -0.05) is 57.9 Å². The number of rotatable bonds is 9. The fourth-order valence-electron chi connectivity index (χ4n) is 9.45. The molecular formula is C31H51ClO3. The number of hydrogen-bond acceptors (Lipinski definition) is 3. The van der Waals surface area contributed by atoms with Crippen molar-refractivity contribution in [1.82, 2.24) is 0 Å². The highest BCUT2D eigenvalue weighted by atomic mass is 35.5. The van der Waals surface area contributed by atoms with Crippen LogP contribution in [0.25, 0.3) is 0 Å². The summed E-state index contributed by atoms with van der Waals surface area (Å²) in [5.74, 6) is 3.29. The van der Waals surface area contributed by atoms with Crippen molar-refractivity contribution in [3.63, 3.8) is 0 Å². The van der Waals surface area contributed by atoms with Gasteiger partial charge in [0.05, 0.1) is 18.8 Å². The molecule has 0 aromatic rings. The lowest BCUT2D eigenvalue weighted by Crippen LogP contribution is -2.57. The molecule has 1 heterocycles. The van der Waals surface area contributed by atoms with E-state index in [4.69, 9.17) is 21.1 Å². The van der Waals surface area contributed by atoms with E-state index >= 15 is 0 Å². The lowest BCUT2D eigenvalue weighted by atomic mass is 9.43. The maximum absolute atomic E-state index is 11.4. The summed E-state index contributed by atoms with van der Waals surface area (Å²) < 4.78 is 12.3. The second kappa shape index (κ2) is 10.2. The van der Waals surface area contributed by atoms with E-state index in [0.717, 1.165) is 49.7 Å². The third kappa shape index (κ3) is 4.68. The fourth-order valence-corrected chi connectivity index (χ4v) is 9.64. The van der Waals surface area contributed by atoms with E-state index in [2.05, 4.69) is 26.8 Å². The number of aliphatic hydroxyl groups is 1. The molecule has 0 amide bonds. The maximum atomic E-state index is 11.4. The number of ether oxygens (including phenoxy) is 2. The normalized spacial score (nSPS) is 44.1. The van der Waals surface area contributed by atoms with E-state index < -0.39 is 11.4 Å². The van der Waals surface area contributed by atoms with Gasteiger partial charge in [0.1, 0.15) is 0 Å². The summed E-state index contributed by atoms with van der Waals surface area (Å²) in [6, 6.07) is 0. The fraction of sp³-hybridized carbons (Fsp3) is 0.935. The summed E-state index contributed by atoms with van der Waals surface area (Å²) in [7, 11) is 0. The zero-order valence-corrected chi connectivity index (χ0v) is 23.5. The number of halogens is 1. The van der Waals surface area contributed by atoms with Crippen LogP contribution in [0.3, 0.4) is 0 Å². The van der Waals surface area contributed by atoms with Crippen molar-refractivity contribution in [3.8, 4) is 0 Å². The predicted molar refractivity (Wildman–Crippen MR) is 143 cm³/mol. The van der Waals surface area contributed by atoms with E-state index in [-0.39, 0.29) is 10.8 Å². The Morgan fingerprint density at radius 1 is 0.857 bits per heavy atom. The minimum Gasteiger partial charge on any atom is -0.390 e. The van der Waals surface area contributed by atoms with Crippen LogP contribution < -0.4 is 0 Å². The lowest BCUT2D eigenvalue weighted by molar-refractivity contribution is -0.158. The van der Waals surface area contributed by atoms with Crippen molar-refractivity contribution in [2.24, 2.45) is 34.5 Å². The van der Waals surface area contributed by atoms with Gasteiger partial charge in [0.25, 0.3) is 0 Å². The van der Waals surface area contributed by atoms with Crippen molar-refractivity contribution in [3.05, 3.63) is 11.6 Å². The van der Waals surface area contributed by atoms with Crippen LogP contribution in [-0.4, -0.2) is 35.6 Å². The molecule has 1 aliphatic heterocycles. The highest BCUT2D eigenvalue weighted by Crippen LogP contribution is 2.69. The van der Waals surface area contributed by atoms with Crippen LogP contribution >= 0.6 is 11.6 Å². The van der Waals surface area contributed by atoms with Gasteiger partial charge in [0.2, 0.25) is 0 Å². The van der Waals surface area contributed by atoms with Gasteiger partial charge in [-0.3, -0.25) is 0 Å². The third-order valence-electron chi connectivity index (χ3n) is 11.8. The van der Waals surface area contributed by atoms with E-state index in [1.807, 2.05) is 0 Å². The predicted octanol–water partition coefficient (Wildman–Crippen LogP) is 8.03. The van der Waals surface area contributed by atoms with Crippen LogP contribution in [0.5, 0.6) is 0 Å². The molecule has 2 unspecified atom stereocenters. The second-order valence-corrected chi connectivity index (χ2v) is 13.9. The molecule has 7 atom stereocenters. The summed E-state index contributed by atoms with van der Waals surface area (Å²) in [5, 5.41) is 11.4. The average molecular weight is 507 g/mol. The van der Waals surface area contributed by atoms with Crippen LogP contribution in [0.4, 0.5) is 0 Å². The molecule has 0 aromatic carbocycles. The molecule has 0 aromatic heterocycles. The van der Waals surface area contributed by atoms with Gasteiger partial charge < -0.3 is 14.6 Å². The van der Waals surface area contributed by atoms with Crippen molar-refractivity contribution < 1.29 is 14.6 Å². The van der Waals surface area contributed by atoms with E-state index in [1.165, 1.54) is 83.5 Å². The van der Waals surface area contributed by atoms with Crippen LogP contribution in [0.2, 0.25) is 0 Å². The number of fused-ring (bicyclic) bond motifs is 5. The quantitative estimate of drug-likeness (QED) is 0.195. The first-order chi connectivity index (χ1) is 16.7. The topological polar surface area (TPSA) is 38.7 Å². The molecule has 3 nitrogen and oxygen atoms in total. The smallest absolute Gasteiger partial charge is 0.188 e. The Morgan fingerprint density at radius 3 is 2.23 bits per heavy atom. The Balaban J connectivity index is 1.34. The molecule has 1 saturated heterocycles. The third-order valence-corrected chi connectivity index (χ3v) is 12.1. The first kappa shape index (κ1) is 26.5. The largest absolute Gasteiger partial charge is 0.390 e. The molecule has 0 radical (unpaired) electrons. The molecule has 200 valence electrons. The van der Waals surface area contributed by atoms with Crippen LogP contribution in [-0.2, 0) is 9.47 Å². The summed E-state index contributed by atoms with van der Waals surface area (Å²) in [5.41, 5.74) is 1.50. The molecule has 5 aliphatic rings. The molecule has 4 aliphatic carbocycles. The number of unbranched alkanes of at least 4 members (excludes halogenated alkanes) is 6. The zero-order valence-electron chi connectivity index (χ0n) is 22.8. The van der Waals surface area contributed by atoms with Crippen molar-refractivity contribution >= 4 is 11.6 Å². The Morgan fingerprint density at radius 2 is 1.51 bits per heavy atom. The van der Waals surface area contributed by atoms with Crippen molar-refractivity contribution in [2.75, 3.05) is 19.1 Å². The molecule has 3 saturated carbocycles. The van der Waals surface area contributed by atoms with E-state index in [0.29, 0.717) is 5.92 Å². The summed E-state index contributed by atoms with van der Waals surface area (Å²) in [6.45, 7) is 8.61. The van der Waals surface area contributed by atoms with Crippen molar-refractivity contribution in [1.29, 1.82) is 0 Å². The Hall–Kier alpha value is -0.0900. The van der Waals surface area contributed by atoms with Gasteiger partial charge in [-0.2, -0.15) is 0 Å². The Bertz CT molecular complexity index is 771. The van der Waals surface area contributed by atoms with Gasteiger partial charge in [-0.25, -0.2) is 0 Å². The maximum Gasteiger partial charge on any atom is 0.188 e. The van der Waals surface area contributed by atoms with E-state index in [9.17, 15) is 5.11 Å². The molecule has 35 heavy (non-hydrogen) atoms. The minimum atomic E-state index is -0.505. The molecule has 0 bridgehead atoms. The number of hydrogen-bond donors (Lipinski definition) is 1. The minimum absolute atomic E-state index is 0.0833. The Labute approximate surface area is 219 Å².